The van der Waals surface area contributed by atoms with Gasteiger partial charge in [-0.2, -0.15) is 10.2 Å². The van der Waals surface area contributed by atoms with Crippen LogP contribution < -0.4 is 11.1 Å². The average Bonchev–Trinajstić information content (AvgIpc) is 3.46. The Bertz CT molecular complexity index is 1320. The van der Waals surface area contributed by atoms with Crippen LogP contribution in [0.5, 0.6) is 0 Å². The van der Waals surface area contributed by atoms with E-state index in [9.17, 15) is 9.59 Å². The van der Waals surface area contributed by atoms with Crippen LogP contribution in [-0.2, 0) is 0 Å². The van der Waals surface area contributed by atoms with Gasteiger partial charge in [-0.25, -0.2) is 19.3 Å². The summed E-state index contributed by atoms with van der Waals surface area (Å²) >= 11 is 0. The lowest BCUT2D eigenvalue weighted by Gasteiger charge is -2.23. The van der Waals surface area contributed by atoms with Crippen molar-refractivity contribution in [3.05, 3.63) is 54.1 Å². The first-order chi connectivity index (χ1) is 15.5. The van der Waals surface area contributed by atoms with Gasteiger partial charge in [0.25, 0.3) is 0 Å². The Morgan fingerprint density at radius 1 is 1.09 bits per heavy atom. The molecule has 0 radical (unpaired) electrons. The van der Waals surface area contributed by atoms with E-state index in [0.717, 1.165) is 41.8 Å². The highest BCUT2D eigenvalue weighted by Crippen LogP contribution is 2.33. The number of benzene rings is 1. The molecule has 0 aliphatic carbocycles. The van der Waals surface area contributed by atoms with Crippen LogP contribution in [0.3, 0.4) is 0 Å². The van der Waals surface area contributed by atoms with Crippen LogP contribution in [0.4, 0.5) is 5.82 Å². The second-order valence-corrected chi connectivity index (χ2v) is 7.83. The number of ketones is 1. The number of nitrogen functional groups attached to an aromatic ring is 1. The number of nitrogens with two attached hydrogens (primary N) is 1. The van der Waals surface area contributed by atoms with E-state index in [1.165, 1.54) is 25.6 Å². The van der Waals surface area contributed by atoms with Crippen LogP contribution in [0, 0.1) is 0 Å². The van der Waals surface area contributed by atoms with Gasteiger partial charge >= 0.3 is 0 Å². The highest BCUT2D eigenvalue weighted by molar-refractivity contribution is 6.09. The third-order valence-electron chi connectivity index (χ3n) is 5.76. The number of hydrogen-bond acceptors (Lipinski definition) is 8. The van der Waals surface area contributed by atoms with E-state index in [2.05, 4.69) is 20.4 Å². The number of hydrogen-bond donors (Lipinski definition) is 2. The zero-order valence-corrected chi connectivity index (χ0v) is 17.5. The van der Waals surface area contributed by atoms with Gasteiger partial charge in [-0.15, -0.1) is 0 Å². The number of anilines is 1. The van der Waals surface area contributed by atoms with Gasteiger partial charge in [0.15, 0.2) is 11.4 Å². The maximum atomic E-state index is 12.8. The summed E-state index contributed by atoms with van der Waals surface area (Å²) in [7, 11) is 0. The Morgan fingerprint density at radius 2 is 1.84 bits per heavy atom. The van der Waals surface area contributed by atoms with Gasteiger partial charge in [0, 0.05) is 24.2 Å². The molecule has 0 spiro atoms. The van der Waals surface area contributed by atoms with Crippen LogP contribution in [-0.4, -0.2) is 54.3 Å². The first kappa shape index (κ1) is 20.0. The molecular weight excluding hydrogens is 408 g/mol. The fourth-order valence-corrected chi connectivity index (χ4v) is 4.06. The minimum atomic E-state index is -0.254. The summed E-state index contributed by atoms with van der Waals surface area (Å²) in [6.45, 7) is 3.25. The molecule has 4 aromatic rings. The lowest BCUT2D eigenvalue weighted by Crippen LogP contribution is -2.30. The summed E-state index contributed by atoms with van der Waals surface area (Å²) in [6.07, 6.45) is 6.21. The first-order valence-corrected chi connectivity index (χ1v) is 10.4. The number of nitrogens with zero attached hydrogens (tertiary/aromatic N) is 6. The van der Waals surface area contributed by atoms with Crippen molar-refractivity contribution >= 4 is 28.5 Å². The Labute approximate surface area is 183 Å². The predicted octanol–water partition coefficient (Wildman–Crippen LogP) is 2.09. The number of rotatable bonds is 4. The Kier molecular flexibility index (Phi) is 4.98. The van der Waals surface area contributed by atoms with Crippen LogP contribution in [0.2, 0.25) is 0 Å². The summed E-state index contributed by atoms with van der Waals surface area (Å²) in [4.78, 5) is 32.8. The van der Waals surface area contributed by atoms with Crippen LogP contribution >= 0.6 is 0 Å². The average molecular weight is 430 g/mol. The van der Waals surface area contributed by atoms with E-state index in [-0.39, 0.29) is 17.7 Å². The molecule has 1 saturated heterocycles. The molecule has 0 saturated carbocycles. The van der Waals surface area contributed by atoms with Crippen molar-refractivity contribution in [1.29, 1.82) is 0 Å². The Morgan fingerprint density at radius 3 is 2.53 bits per heavy atom. The van der Waals surface area contributed by atoms with E-state index < -0.39 is 0 Å². The van der Waals surface area contributed by atoms with Crippen LogP contribution in [0.25, 0.3) is 22.3 Å². The number of nitrogens with one attached hydrogen (secondary N) is 1. The SMILES string of the molecule is CC(=O)n1cc(C(=O)c2ccc(-c3nn(C4CCNCC4)c4ncnc(N)c34)cc2)cn1. The second-order valence-electron chi connectivity index (χ2n) is 7.83. The van der Waals surface area contributed by atoms with Crippen LogP contribution in [0.1, 0.15) is 46.5 Å². The molecule has 162 valence electrons. The number of piperidine rings is 1. The molecule has 10 nitrogen and oxygen atoms in total. The summed E-state index contributed by atoms with van der Waals surface area (Å²) in [6, 6.07) is 7.38. The van der Waals surface area contributed by atoms with E-state index in [4.69, 9.17) is 10.8 Å². The van der Waals surface area contributed by atoms with Gasteiger partial charge in [-0.1, -0.05) is 24.3 Å². The van der Waals surface area contributed by atoms with Gasteiger partial charge in [0.05, 0.1) is 23.2 Å². The van der Waals surface area contributed by atoms with Crippen molar-refractivity contribution < 1.29 is 9.59 Å². The third kappa shape index (κ3) is 3.44. The van der Waals surface area contributed by atoms with Crippen molar-refractivity contribution in [1.82, 2.24) is 34.8 Å². The number of carbonyl (C=O) groups excluding carboxylic acids is 2. The molecule has 10 heteroatoms. The lowest BCUT2D eigenvalue weighted by atomic mass is 10.0. The molecule has 1 aliphatic heterocycles. The molecule has 0 amide bonds. The smallest absolute Gasteiger partial charge is 0.243 e. The predicted molar refractivity (Wildman–Crippen MR) is 118 cm³/mol. The molecule has 1 aromatic carbocycles. The highest BCUT2D eigenvalue weighted by atomic mass is 16.2. The molecule has 0 bridgehead atoms. The molecule has 3 aromatic heterocycles. The maximum Gasteiger partial charge on any atom is 0.243 e. The Balaban J connectivity index is 1.51. The monoisotopic (exact) mass is 430 g/mol. The summed E-state index contributed by atoms with van der Waals surface area (Å²) in [5, 5.41) is 12.9. The summed E-state index contributed by atoms with van der Waals surface area (Å²) in [5.74, 6) is -0.0885. The third-order valence-corrected chi connectivity index (χ3v) is 5.76. The van der Waals surface area contributed by atoms with Gasteiger partial charge in [0.2, 0.25) is 5.91 Å². The van der Waals surface area contributed by atoms with Gasteiger partial charge < -0.3 is 11.1 Å². The number of aromatic nitrogens is 6. The molecule has 1 fully saturated rings. The van der Waals surface area contributed by atoms with Gasteiger partial charge in [0.1, 0.15) is 17.8 Å². The van der Waals surface area contributed by atoms with Crippen LogP contribution in [0.15, 0.2) is 43.0 Å². The van der Waals surface area contributed by atoms with Gasteiger partial charge in [-0.3, -0.25) is 9.59 Å². The van der Waals surface area contributed by atoms with Crippen molar-refractivity contribution in [2.75, 3.05) is 18.8 Å². The minimum Gasteiger partial charge on any atom is -0.383 e. The minimum absolute atomic E-state index is 0.211. The zero-order valence-electron chi connectivity index (χ0n) is 17.5. The molecule has 5 rings (SSSR count). The van der Waals surface area contributed by atoms with Crippen molar-refractivity contribution in [2.24, 2.45) is 0 Å². The molecule has 0 atom stereocenters. The largest absolute Gasteiger partial charge is 0.383 e. The highest BCUT2D eigenvalue weighted by Gasteiger charge is 2.23. The van der Waals surface area contributed by atoms with E-state index in [0.29, 0.717) is 28.0 Å². The molecule has 1 aliphatic rings. The number of carbonyl (C=O) groups is 2. The fraction of sp³-hybridized carbons (Fsp3) is 0.273. The molecule has 32 heavy (non-hydrogen) atoms. The van der Waals surface area contributed by atoms with Crippen molar-refractivity contribution in [3.8, 4) is 11.3 Å². The van der Waals surface area contributed by atoms with Crippen molar-refractivity contribution in [3.63, 3.8) is 0 Å². The lowest BCUT2D eigenvalue weighted by molar-refractivity contribution is 0.0921. The normalized spacial score (nSPS) is 14.7. The van der Waals surface area contributed by atoms with Crippen molar-refractivity contribution in [2.45, 2.75) is 25.8 Å². The second kappa shape index (κ2) is 7.97. The van der Waals surface area contributed by atoms with E-state index in [1.807, 2.05) is 16.8 Å². The molecule has 3 N–H and O–H groups in total. The van der Waals surface area contributed by atoms with E-state index in [1.54, 1.807) is 12.1 Å². The standard InChI is InChI=1S/C22H22N8O2/c1-13(31)29-11-16(10-27-29)20(32)15-4-2-14(3-5-15)19-18-21(23)25-12-26-22(18)30(28-19)17-6-8-24-9-7-17/h2-5,10-12,17,24H,6-9H2,1H3,(H2,23,25,26). The Hall–Kier alpha value is -3.92. The quantitative estimate of drug-likeness (QED) is 0.470. The van der Waals surface area contributed by atoms with E-state index >= 15 is 0 Å². The summed E-state index contributed by atoms with van der Waals surface area (Å²) < 4.78 is 3.10. The molecule has 0 unspecified atom stereocenters. The summed E-state index contributed by atoms with van der Waals surface area (Å²) in [5.41, 5.74) is 9.29. The zero-order chi connectivity index (χ0) is 22.2. The maximum absolute atomic E-state index is 12.8. The topological polar surface area (TPSA) is 134 Å². The molecular formula is C22H22N8O2. The first-order valence-electron chi connectivity index (χ1n) is 10.4. The number of fused-ring (bicyclic) bond motifs is 1. The fourth-order valence-electron chi connectivity index (χ4n) is 4.06. The van der Waals surface area contributed by atoms with Gasteiger partial charge in [-0.05, 0) is 25.9 Å². The molecule has 4 heterocycles.